The Morgan fingerprint density at radius 2 is 1.94 bits per heavy atom. The normalized spacial score (nSPS) is 9.83. The van der Waals surface area contributed by atoms with Gasteiger partial charge in [0.25, 0.3) is 0 Å². The third-order valence-corrected chi connectivity index (χ3v) is 2.91. The number of anilines is 1. The maximum Gasteiger partial charge on any atom is 0.0991 e. The number of pyridine rings is 1. The smallest absolute Gasteiger partial charge is 0.0991 e. The van der Waals surface area contributed by atoms with Gasteiger partial charge in [-0.25, -0.2) is 0 Å². The van der Waals surface area contributed by atoms with Crippen molar-refractivity contribution < 1.29 is 0 Å². The lowest BCUT2D eigenvalue weighted by Gasteiger charge is -2.21. The summed E-state index contributed by atoms with van der Waals surface area (Å²) in [5.41, 5.74) is 4.18. The summed E-state index contributed by atoms with van der Waals surface area (Å²) >= 11 is 0. The first kappa shape index (κ1) is 12.1. The number of benzene rings is 1. The van der Waals surface area contributed by atoms with Crippen LogP contribution in [-0.2, 0) is 6.54 Å². The van der Waals surface area contributed by atoms with Crippen molar-refractivity contribution in [2.75, 3.05) is 11.9 Å². The highest BCUT2D eigenvalue weighted by Gasteiger charge is 2.06. The van der Waals surface area contributed by atoms with E-state index in [0.29, 0.717) is 5.56 Å². The molecule has 1 aromatic heterocycles. The fourth-order valence-corrected chi connectivity index (χ4v) is 2.00. The molecule has 0 bridgehead atoms. The number of hydrogen-bond acceptors (Lipinski definition) is 3. The van der Waals surface area contributed by atoms with Crippen LogP contribution in [0.5, 0.6) is 0 Å². The number of hydrogen-bond donors (Lipinski definition) is 0. The molecule has 0 unspecified atom stereocenters. The molecule has 0 aliphatic heterocycles. The first-order valence-corrected chi connectivity index (χ1v) is 5.81. The summed E-state index contributed by atoms with van der Waals surface area (Å²) in [4.78, 5) is 6.18. The molecule has 2 aromatic rings. The van der Waals surface area contributed by atoms with Crippen molar-refractivity contribution in [3.63, 3.8) is 0 Å². The minimum Gasteiger partial charge on any atom is -0.370 e. The number of rotatable bonds is 3. The van der Waals surface area contributed by atoms with Crippen LogP contribution in [0.25, 0.3) is 0 Å². The first-order chi connectivity index (χ1) is 8.70. The van der Waals surface area contributed by atoms with E-state index in [9.17, 15) is 0 Å². The molecule has 1 aromatic carbocycles. The third-order valence-electron chi connectivity index (χ3n) is 2.91. The van der Waals surface area contributed by atoms with E-state index >= 15 is 0 Å². The van der Waals surface area contributed by atoms with Gasteiger partial charge in [0.2, 0.25) is 0 Å². The van der Waals surface area contributed by atoms with E-state index in [1.807, 2.05) is 37.3 Å². The lowest BCUT2D eigenvalue weighted by Crippen LogP contribution is -2.17. The van der Waals surface area contributed by atoms with Crippen LogP contribution in [-0.4, -0.2) is 12.0 Å². The fourth-order valence-electron chi connectivity index (χ4n) is 2.00. The lowest BCUT2D eigenvalue weighted by molar-refractivity contribution is 0.914. The lowest BCUT2D eigenvalue weighted by atomic mass is 10.1. The zero-order valence-electron chi connectivity index (χ0n) is 10.6. The second-order valence-corrected chi connectivity index (χ2v) is 4.32. The minimum atomic E-state index is 0.702. The van der Waals surface area contributed by atoms with Gasteiger partial charge in [-0.2, -0.15) is 5.26 Å². The Bertz CT molecular complexity index is 570. The van der Waals surface area contributed by atoms with E-state index in [1.165, 1.54) is 5.56 Å². The van der Waals surface area contributed by atoms with Crippen LogP contribution in [0, 0.1) is 18.3 Å². The van der Waals surface area contributed by atoms with Gasteiger partial charge in [-0.3, -0.25) is 4.98 Å². The summed E-state index contributed by atoms with van der Waals surface area (Å²) in [6, 6.07) is 11.9. The van der Waals surface area contributed by atoms with Gasteiger partial charge >= 0.3 is 0 Å². The van der Waals surface area contributed by atoms with Crippen LogP contribution in [0.2, 0.25) is 0 Å². The zero-order valence-corrected chi connectivity index (χ0v) is 10.6. The SMILES string of the molecule is Cc1cc(C#N)ccc1N(C)Cc1ccncc1. The van der Waals surface area contributed by atoms with Crippen molar-refractivity contribution in [1.29, 1.82) is 5.26 Å². The van der Waals surface area contributed by atoms with E-state index in [4.69, 9.17) is 5.26 Å². The Morgan fingerprint density at radius 1 is 1.22 bits per heavy atom. The second-order valence-electron chi connectivity index (χ2n) is 4.32. The van der Waals surface area contributed by atoms with E-state index < -0.39 is 0 Å². The third kappa shape index (κ3) is 2.67. The number of nitrogens with zero attached hydrogens (tertiary/aromatic N) is 3. The molecule has 0 aliphatic rings. The van der Waals surface area contributed by atoms with E-state index in [0.717, 1.165) is 17.8 Å². The first-order valence-electron chi connectivity index (χ1n) is 5.81. The number of aromatic nitrogens is 1. The van der Waals surface area contributed by atoms with Crippen LogP contribution < -0.4 is 4.90 Å². The zero-order chi connectivity index (χ0) is 13.0. The Hall–Kier alpha value is -2.34. The molecule has 0 spiro atoms. The van der Waals surface area contributed by atoms with Crippen LogP contribution in [0.1, 0.15) is 16.7 Å². The Balaban J connectivity index is 2.19. The summed E-state index contributed by atoms with van der Waals surface area (Å²) in [6.45, 7) is 2.86. The summed E-state index contributed by atoms with van der Waals surface area (Å²) in [5.74, 6) is 0. The molecule has 1 heterocycles. The van der Waals surface area contributed by atoms with Gasteiger partial charge in [-0.15, -0.1) is 0 Å². The molecule has 0 fully saturated rings. The summed E-state index contributed by atoms with van der Waals surface area (Å²) in [7, 11) is 2.05. The molecular formula is C15H15N3. The quantitative estimate of drug-likeness (QED) is 0.824. The standard InChI is InChI=1S/C15H15N3/c1-12-9-14(10-16)3-4-15(12)18(2)11-13-5-7-17-8-6-13/h3-9H,11H2,1-2H3. The van der Waals surface area contributed by atoms with Crippen molar-refractivity contribution in [2.45, 2.75) is 13.5 Å². The molecule has 90 valence electrons. The van der Waals surface area contributed by atoms with Gasteiger partial charge in [0, 0.05) is 31.7 Å². The highest BCUT2D eigenvalue weighted by molar-refractivity contribution is 5.55. The predicted octanol–water partition coefficient (Wildman–Crippen LogP) is 2.90. The van der Waals surface area contributed by atoms with E-state index in [2.05, 4.69) is 23.0 Å². The van der Waals surface area contributed by atoms with E-state index in [-0.39, 0.29) is 0 Å². The molecule has 18 heavy (non-hydrogen) atoms. The van der Waals surface area contributed by atoms with Gasteiger partial charge in [-0.05, 0) is 48.4 Å². The molecule has 0 aliphatic carbocycles. The molecule has 3 heteroatoms. The predicted molar refractivity (Wildman–Crippen MR) is 72.2 cm³/mol. The molecule has 0 radical (unpaired) electrons. The summed E-state index contributed by atoms with van der Waals surface area (Å²) in [6.07, 6.45) is 3.60. The van der Waals surface area contributed by atoms with Crippen LogP contribution >= 0.6 is 0 Å². The van der Waals surface area contributed by atoms with Crippen molar-refractivity contribution in [3.8, 4) is 6.07 Å². The molecule has 0 saturated carbocycles. The molecule has 2 rings (SSSR count). The van der Waals surface area contributed by atoms with Crippen molar-refractivity contribution in [3.05, 3.63) is 59.4 Å². The molecule has 3 nitrogen and oxygen atoms in total. The molecule has 0 N–H and O–H groups in total. The highest BCUT2D eigenvalue weighted by Crippen LogP contribution is 2.21. The Labute approximate surface area is 107 Å². The maximum absolute atomic E-state index is 8.86. The molecule has 0 atom stereocenters. The molecule has 0 amide bonds. The topological polar surface area (TPSA) is 39.9 Å². The van der Waals surface area contributed by atoms with Gasteiger partial charge in [0.05, 0.1) is 11.6 Å². The summed E-state index contributed by atoms with van der Waals surface area (Å²) < 4.78 is 0. The summed E-state index contributed by atoms with van der Waals surface area (Å²) in [5, 5.41) is 8.86. The average molecular weight is 237 g/mol. The molecule has 0 saturated heterocycles. The maximum atomic E-state index is 8.86. The monoisotopic (exact) mass is 237 g/mol. The number of aryl methyl sites for hydroxylation is 1. The number of nitriles is 1. The van der Waals surface area contributed by atoms with Crippen LogP contribution in [0.4, 0.5) is 5.69 Å². The fraction of sp³-hybridized carbons (Fsp3) is 0.200. The second kappa shape index (κ2) is 5.33. The van der Waals surface area contributed by atoms with Crippen LogP contribution in [0.15, 0.2) is 42.7 Å². The van der Waals surface area contributed by atoms with Crippen molar-refractivity contribution in [2.24, 2.45) is 0 Å². The van der Waals surface area contributed by atoms with Gasteiger partial charge < -0.3 is 4.90 Å². The average Bonchev–Trinajstić information content (AvgIpc) is 2.39. The highest BCUT2D eigenvalue weighted by atomic mass is 15.1. The van der Waals surface area contributed by atoms with Gasteiger partial charge in [0.1, 0.15) is 0 Å². The Kier molecular flexibility index (Phi) is 3.59. The minimum absolute atomic E-state index is 0.702. The van der Waals surface area contributed by atoms with Gasteiger partial charge in [-0.1, -0.05) is 0 Å². The van der Waals surface area contributed by atoms with Crippen LogP contribution in [0.3, 0.4) is 0 Å². The van der Waals surface area contributed by atoms with Crippen molar-refractivity contribution in [1.82, 2.24) is 4.98 Å². The van der Waals surface area contributed by atoms with E-state index in [1.54, 1.807) is 12.4 Å². The van der Waals surface area contributed by atoms with Crippen molar-refractivity contribution >= 4 is 5.69 Å². The molecular weight excluding hydrogens is 222 g/mol. The largest absolute Gasteiger partial charge is 0.370 e. The van der Waals surface area contributed by atoms with Gasteiger partial charge in [0.15, 0.2) is 0 Å². The Morgan fingerprint density at radius 3 is 2.56 bits per heavy atom.